The zero-order valence-electron chi connectivity index (χ0n) is 17.6. The van der Waals surface area contributed by atoms with Gasteiger partial charge in [0, 0.05) is 6.54 Å². The van der Waals surface area contributed by atoms with E-state index in [1.807, 2.05) is 43.3 Å². The number of aliphatic hydroxyl groups is 1. The average molecular weight is 551 g/mol. The normalized spacial score (nSPS) is 13.8. The lowest BCUT2D eigenvalue weighted by molar-refractivity contribution is -0.176. The van der Waals surface area contributed by atoms with Gasteiger partial charge < -0.3 is 20.5 Å². The average Bonchev–Trinajstić information content (AvgIpc) is 2.70. The molecular weight excluding hydrogens is 522 g/mol. The topological polar surface area (TPSA) is 65.9 Å². The van der Waals surface area contributed by atoms with Crippen molar-refractivity contribution < 1.29 is 23.0 Å². The van der Waals surface area contributed by atoms with Crippen molar-refractivity contribution >= 4 is 29.9 Å². The largest absolute Gasteiger partial charge is 0.411 e. The Bertz CT molecular complexity index is 815. The Kier molecular flexibility index (Phi) is 11.3. The number of hydrogen-bond donors (Lipinski definition) is 3. The van der Waals surface area contributed by atoms with Crippen molar-refractivity contribution in [3.05, 3.63) is 71.3 Å². The molecule has 0 aromatic heterocycles. The number of halogens is 4. The monoisotopic (exact) mass is 551 g/mol. The van der Waals surface area contributed by atoms with E-state index in [0.717, 1.165) is 11.1 Å². The Labute approximate surface area is 198 Å². The summed E-state index contributed by atoms with van der Waals surface area (Å²) in [6.07, 6.45) is -4.34. The molecule has 0 fully saturated rings. The summed E-state index contributed by atoms with van der Waals surface area (Å²) in [6, 6.07) is 16.4. The van der Waals surface area contributed by atoms with Crippen molar-refractivity contribution in [1.29, 1.82) is 0 Å². The third-order valence-corrected chi connectivity index (χ3v) is 4.29. The fourth-order valence-electron chi connectivity index (χ4n) is 2.77. The Morgan fingerprint density at radius 3 is 2.35 bits per heavy atom. The third-order valence-electron chi connectivity index (χ3n) is 4.29. The molecule has 0 saturated heterocycles. The predicted octanol–water partition coefficient (Wildman–Crippen LogP) is 4.35. The molecule has 0 saturated carbocycles. The summed E-state index contributed by atoms with van der Waals surface area (Å²) in [7, 11) is 0. The van der Waals surface area contributed by atoms with Gasteiger partial charge in [-0.2, -0.15) is 13.2 Å². The van der Waals surface area contributed by atoms with Crippen LogP contribution < -0.4 is 10.6 Å². The molecule has 31 heavy (non-hydrogen) atoms. The number of ether oxygens (including phenoxy) is 1. The van der Waals surface area contributed by atoms with E-state index < -0.39 is 18.4 Å². The molecule has 2 aromatic rings. The number of benzene rings is 2. The second-order valence-corrected chi connectivity index (χ2v) is 7.12. The van der Waals surface area contributed by atoms with E-state index in [-0.39, 0.29) is 37.1 Å². The number of nitrogens with one attached hydrogen (secondary N) is 2. The standard InChI is InChI=1S/C22H28F3N3O2.HI/c1-3-26-20(28-15-21(2,29)19-10-5-4-6-11-19)27-13-17-8-7-9-18(12-17)14-30-16-22(23,24)25;/h4-12,29H,3,13-16H2,1-2H3,(H2,26,27,28);1H. The Morgan fingerprint density at radius 1 is 1.03 bits per heavy atom. The first kappa shape index (κ1) is 27.2. The summed E-state index contributed by atoms with van der Waals surface area (Å²) in [5.41, 5.74) is 1.21. The number of rotatable bonds is 9. The zero-order valence-corrected chi connectivity index (χ0v) is 19.9. The lowest BCUT2D eigenvalue weighted by atomic mass is 9.96. The first-order chi connectivity index (χ1) is 14.2. The molecule has 9 heteroatoms. The van der Waals surface area contributed by atoms with Crippen LogP contribution in [0.15, 0.2) is 59.6 Å². The smallest absolute Gasteiger partial charge is 0.384 e. The van der Waals surface area contributed by atoms with Crippen molar-refractivity contribution in [2.45, 2.75) is 38.8 Å². The summed E-state index contributed by atoms with van der Waals surface area (Å²) in [6.45, 7) is 3.50. The van der Waals surface area contributed by atoms with Gasteiger partial charge in [-0.3, -0.25) is 0 Å². The van der Waals surface area contributed by atoms with Crippen molar-refractivity contribution in [2.24, 2.45) is 4.99 Å². The number of nitrogens with zero attached hydrogens (tertiary/aromatic N) is 1. The number of guanidine groups is 1. The minimum Gasteiger partial charge on any atom is -0.384 e. The van der Waals surface area contributed by atoms with Crippen LogP contribution in [0, 0.1) is 0 Å². The van der Waals surface area contributed by atoms with Crippen LogP contribution in [-0.2, 0) is 23.5 Å². The van der Waals surface area contributed by atoms with Gasteiger partial charge in [0.1, 0.15) is 12.2 Å². The summed E-state index contributed by atoms with van der Waals surface area (Å²) in [5, 5.41) is 17.0. The van der Waals surface area contributed by atoms with Gasteiger partial charge in [0.25, 0.3) is 0 Å². The van der Waals surface area contributed by atoms with E-state index in [1.165, 1.54) is 0 Å². The van der Waals surface area contributed by atoms with Crippen LogP contribution in [0.3, 0.4) is 0 Å². The molecule has 0 aliphatic rings. The number of alkyl halides is 3. The van der Waals surface area contributed by atoms with Gasteiger partial charge in [-0.25, -0.2) is 4.99 Å². The minimum atomic E-state index is -4.34. The van der Waals surface area contributed by atoms with Gasteiger partial charge in [0.05, 0.1) is 19.7 Å². The summed E-state index contributed by atoms with van der Waals surface area (Å²) in [4.78, 5) is 4.50. The molecule has 3 N–H and O–H groups in total. The first-order valence-corrected chi connectivity index (χ1v) is 9.72. The van der Waals surface area contributed by atoms with Gasteiger partial charge in [-0.05, 0) is 30.5 Å². The van der Waals surface area contributed by atoms with Crippen LogP contribution in [0.25, 0.3) is 0 Å². The molecule has 1 unspecified atom stereocenters. The van der Waals surface area contributed by atoms with Crippen LogP contribution in [0.4, 0.5) is 13.2 Å². The number of hydrogen-bond acceptors (Lipinski definition) is 3. The predicted molar refractivity (Wildman–Crippen MR) is 126 cm³/mol. The van der Waals surface area contributed by atoms with Crippen LogP contribution in [-0.4, -0.2) is 36.9 Å². The minimum absolute atomic E-state index is 0. The Hall–Kier alpha value is -1.85. The van der Waals surface area contributed by atoms with E-state index in [4.69, 9.17) is 4.74 Å². The molecule has 0 radical (unpaired) electrons. The lowest BCUT2D eigenvalue weighted by Gasteiger charge is -2.25. The zero-order chi connectivity index (χ0) is 22.0. The van der Waals surface area contributed by atoms with Crippen molar-refractivity contribution in [3.8, 4) is 0 Å². The van der Waals surface area contributed by atoms with Gasteiger partial charge in [-0.15, -0.1) is 24.0 Å². The van der Waals surface area contributed by atoms with E-state index in [2.05, 4.69) is 15.6 Å². The molecule has 2 rings (SSSR count). The molecule has 0 aliphatic heterocycles. The highest BCUT2D eigenvalue weighted by molar-refractivity contribution is 14.0. The lowest BCUT2D eigenvalue weighted by Crippen LogP contribution is -2.44. The second kappa shape index (κ2) is 12.9. The maximum atomic E-state index is 12.2. The van der Waals surface area contributed by atoms with Crippen molar-refractivity contribution in [3.63, 3.8) is 0 Å². The fraction of sp³-hybridized carbons (Fsp3) is 0.409. The van der Waals surface area contributed by atoms with Gasteiger partial charge in [0.2, 0.25) is 0 Å². The third kappa shape index (κ3) is 10.3. The van der Waals surface area contributed by atoms with Crippen LogP contribution in [0.2, 0.25) is 0 Å². The van der Waals surface area contributed by atoms with Crippen LogP contribution in [0.5, 0.6) is 0 Å². The molecule has 0 amide bonds. The summed E-state index contributed by atoms with van der Waals surface area (Å²) >= 11 is 0. The molecule has 1 atom stereocenters. The van der Waals surface area contributed by atoms with Gasteiger partial charge in [-0.1, -0.05) is 54.6 Å². The summed E-state index contributed by atoms with van der Waals surface area (Å²) in [5.74, 6) is 0.535. The fourth-order valence-corrected chi connectivity index (χ4v) is 2.77. The highest BCUT2D eigenvalue weighted by Crippen LogP contribution is 2.19. The van der Waals surface area contributed by atoms with E-state index in [1.54, 1.807) is 25.1 Å². The molecule has 5 nitrogen and oxygen atoms in total. The molecule has 0 aliphatic carbocycles. The van der Waals surface area contributed by atoms with E-state index >= 15 is 0 Å². The second-order valence-electron chi connectivity index (χ2n) is 7.12. The SMILES string of the molecule is CCNC(=NCc1cccc(COCC(F)(F)F)c1)NCC(C)(O)c1ccccc1.I. The highest BCUT2D eigenvalue weighted by atomic mass is 127. The first-order valence-electron chi connectivity index (χ1n) is 9.72. The van der Waals surface area contributed by atoms with Crippen LogP contribution in [0.1, 0.15) is 30.5 Å². The molecule has 2 aromatic carbocycles. The van der Waals surface area contributed by atoms with Gasteiger partial charge in [0.15, 0.2) is 5.96 Å². The van der Waals surface area contributed by atoms with Crippen molar-refractivity contribution in [1.82, 2.24) is 10.6 Å². The summed E-state index contributed by atoms with van der Waals surface area (Å²) < 4.78 is 41.3. The Morgan fingerprint density at radius 2 is 1.71 bits per heavy atom. The maximum absolute atomic E-state index is 12.2. The molecule has 172 valence electrons. The molecule has 0 heterocycles. The quantitative estimate of drug-likeness (QED) is 0.247. The van der Waals surface area contributed by atoms with Crippen LogP contribution >= 0.6 is 24.0 Å². The molecule has 0 spiro atoms. The highest BCUT2D eigenvalue weighted by Gasteiger charge is 2.27. The van der Waals surface area contributed by atoms with E-state index in [9.17, 15) is 18.3 Å². The number of aliphatic imine (C=N–C) groups is 1. The maximum Gasteiger partial charge on any atom is 0.411 e. The molecule has 0 bridgehead atoms. The molecular formula is C22H29F3IN3O2. The van der Waals surface area contributed by atoms with E-state index in [0.29, 0.717) is 24.6 Å². The Balaban J connectivity index is 0.00000480. The van der Waals surface area contributed by atoms with Crippen molar-refractivity contribution in [2.75, 3.05) is 19.7 Å². The van der Waals surface area contributed by atoms with Gasteiger partial charge >= 0.3 is 6.18 Å².